The van der Waals surface area contributed by atoms with E-state index in [1.807, 2.05) is 34.6 Å². The minimum absolute atomic E-state index is 0.157. The molecule has 0 radical (unpaired) electrons. The Morgan fingerprint density at radius 3 is 2.33 bits per heavy atom. The molecule has 0 aliphatic carbocycles. The van der Waals surface area contributed by atoms with Crippen molar-refractivity contribution >= 4 is 6.09 Å². The van der Waals surface area contributed by atoms with Gasteiger partial charge in [0.05, 0.1) is 30.9 Å². The molecule has 106 valence electrons. The summed E-state index contributed by atoms with van der Waals surface area (Å²) < 4.78 is 10.9. The molecule has 1 amide bonds. The highest BCUT2D eigenvalue weighted by Crippen LogP contribution is 2.32. The number of carbonyl (C=O) groups is 1. The number of aliphatic hydroxyl groups is 1. The number of hydrogen-bond donors (Lipinski definition) is 1. The Morgan fingerprint density at radius 2 is 1.89 bits per heavy atom. The summed E-state index contributed by atoms with van der Waals surface area (Å²) in [5.74, 6) is 0. The SMILES string of the molecule is CC(C)(C)OC(=O)N1C(C)(C)COCC1(C)CO. The highest BCUT2D eigenvalue weighted by atomic mass is 16.6. The van der Waals surface area contributed by atoms with Crippen LogP contribution in [0.1, 0.15) is 41.5 Å². The third kappa shape index (κ3) is 3.14. The van der Waals surface area contributed by atoms with Crippen LogP contribution in [0.5, 0.6) is 0 Å². The zero-order chi connectivity index (χ0) is 14.2. The van der Waals surface area contributed by atoms with E-state index in [0.717, 1.165) is 0 Å². The van der Waals surface area contributed by atoms with Crippen molar-refractivity contribution in [2.75, 3.05) is 19.8 Å². The van der Waals surface area contributed by atoms with Crippen molar-refractivity contribution in [3.8, 4) is 0 Å². The lowest BCUT2D eigenvalue weighted by molar-refractivity contribution is -0.141. The van der Waals surface area contributed by atoms with Crippen LogP contribution in [-0.2, 0) is 9.47 Å². The van der Waals surface area contributed by atoms with E-state index in [4.69, 9.17) is 9.47 Å². The van der Waals surface area contributed by atoms with E-state index in [1.165, 1.54) is 0 Å². The molecule has 0 bridgehead atoms. The van der Waals surface area contributed by atoms with Crippen LogP contribution in [0, 0.1) is 0 Å². The van der Waals surface area contributed by atoms with Crippen LogP contribution in [0.3, 0.4) is 0 Å². The van der Waals surface area contributed by atoms with E-state index in [1.54, 1.807) is 11.8 Å². The van der Waals surface area contributed by atoms with E-state index in [0.29, 0.717) is 13.2 Å². The first-order chi connectivity index (χ1) is 8.02. The van der Waals surface area contributed by atoms with Gasteiger partial charge in [-0.2, -0.15) is 0 Å². The van der Waals surface area contributed by atoms with Gasteiger partial charge in [0, 0.05) is 0 Å². The molecule has 1 saturated heterocycles. The van der Waals surface area contributed by atoms with Crippen LogP contribution in [0.15, 0.2) is 0 Å². The van der Waals surface area contributed by atoms with Crippen molar-refractivity contribution in [3.05, 3.63) is 0 Å². The number of amides is 1. The van der Waals surface area contributed by atoms with Crippen molar-refractivity contribution in [1.82, 2.24) is 4.90 Å². The molecular weight excluding hydrogens is 234 g/mol. The first-order valence-corrected chi connectivity index (χ1v) is 6.24. The minimum Gasteiger partial charge on any atom is -0.444 e. The van der Waals surface area contributed by atoms with Gasteiger partial charge < -0.3 is 14.6 Å². The molecular formula is C13H25NO4. The number of ether oxygens (including phenoxy) is 2. The Hall–Kier alpha value is -0.810. The van der Waals surface area contributed by atoms with Gasteiger partial charge in [-0.3, -0.25) is 4.90 Å². The summed E-state index contributed by atoms with van der Waals surface area (Å²) >= 11 is 0. The van der Waals surface area contributed by atoms with E-state index in [-0.39, 0.29) is 6.61 Å². The summed E-state index contributed by atoms with van der Waals surface area (Å²) in [5.41, 5.74) is -1.80. The maximum atomic E-state index is 12.3. The fraction of sp³-hybridized carbons (Fsp3) is 0.923. The van der Waals surface area contributed by atoms with Crippen LogP contribution < -0.4 is 0 Å². The Morgan fingerprint density at radius 1 is 1.33 bits per heavy atom. The van der Waals surface area contributed by atoms with Gasteiger partial charge in [-0.1, -0.05) is 0 Å². The molecule has 0 aromatic rings. The van der Waals surface area contributed by atoms with Gasteiger partial charge in [-0.25, -0.2) is 4.79 Å². The van der Waals surface area contributed by atoms with Gasteiger partial charge in [0.15, 0.2) is 0 Å². The molecule has 1 rings (SSSR count). The van der Waals surface area contributed by atoms with Crippen molar-refractivity contribution in [1.29, 1.82) is 0 Å². The summed E-state index contributed by atoms with van der Waals surface area (Å²) in [7, 11) is 0. The molecule has 18 heavy (non-hydrogen) atoms. The molecule has 5 nitrogen and oxygen atoms in total. The Balaban J connectivity index is 3.01. The summed E-state index contributed by atoms with van der Waals surface area (Å²) in [5, 5.41) is 9.57. The molecule has 0 aromatic carbocycles. The van der Waals surface area contributed by atoms with Crippen LogP contribution in [0.2, 0.25) is 0 Å². The smallest absolute Gasteiger partial charge is 0.411 e. The van der Waals surface area contributed by atoms with Gasteiger partial charge in [0.25, 0.3) is 0 Å². The quantitative estimate of drug-likeness (QED) is 0.780. The number of rotatable bonds is 1. The van der Waals surface area contributed by atoms with Gasteiger partial charge in [0.1, 0.15) is 5.60 Å². The van der Waals surface area contributed by atoms with Crippen LogP contribution >= 0.6 is 0 Å². The van der Waals surface area contributed by atoms with Gasteiger partial charge in [-0.05, 0) is 41.5 Å². The van der Waals surface area contributed by atoms with Crippen LogP contribution in [-0.4, -0.2) is 52.6 Å². The van der Waals surface area contributed by atoms with Gasteiger partial charge in [0.2, 0.25) is 0 Å². The second kappa shape index (κ2) is 4.70. The first kappa shape index (κ1) is 15.2. The molecule has 1 heterocycles. The lowest BCUT2D eigenvalue weighted by Crippen LogP contribution is -2.68. The lowest BCUT2D eigenvalue weighted by atomic mass is 9.91. The van der Waals surface area contributed by atoms with Gasteiger partial charge >= 0.3 is 6.09 Å². The van der Waals surface area contributed by atoms with Crippen LogP contribution in [0.4, 0.5) is 4.79 Å². The summed E-state index contributed by atoms with van der Waals surface area (Å²) in [6.07, 6.45) is -0.410. The minimum atomic E-state index is -0.746. The highest BCUT2D eigenvalue weighted by Gasteiger charge is 2.49. The number of hydrogen-bond acceptors (Lipinski definition) is 4. The molecule has 0 aromatic heterocycles. The molecule has 0 saturated carbocycles. The highest BCUT2D eigenvalue weighted by molar-refractivity contribution is 5.70. The fourth-order valence-electron chi connectivity index (χ4n) is 2.27. The molecule has 1 N–H and O–H groups in total. The molecule has 1 unspecified atom stereocenters. The molecule has 5 heteroatoms. The Kier molecular flexibility index (Phi) is 3.98. The summed E-state index contributed by atoms with van der Waals surface area (Å²) in [4.78, 5) is 13.9. The van der Waals surface area contributed by atoms with Crippen molar-refractivity contribution in [2.45, 2.75) is 58.2 Å². The second-order valence-corrected chi connectivity index (χ2v) is 6.78. The van der Waals surface area contributed by atoms with Gasteiger partial charge in [-0.15, -0.1) is 0 Å². The largest absolute Gasteiger partial charge is 0.444 e. The predicted molar refractivity (Wildman–Crippen MR) is 68.5 cm³/mol. The average molecular weight is 259 g/mol. The number of nitrogens with zero attached hydrogens (tertiary/aromatic N) is 1. The molecule has 0 spiro atoms. The zero-order valence-corrected chi connectivity index (χ0v) is 12.2. The third-order valence-electron chi connectivity index (χ3n) is 2.93. The topological polar surface area (TPSA) is 59.0 Å². The predicted octanol–water partition coefficient (Wildman–Crippen LogP) is 1.78. The normalized spacial score (nSPS) is 28.1. The number of carbonyl (C=O) groups excluding carboxylic acids is 1. The standard InChI is InChI=1S/C13H25NO4/c1-11(2,3)18-10(16)14-12(4,5)8-17-9-13(14,6)7-15/h15H,7-9H2,1-6H3. The van der Waals surface area contributed by atoms with Crippen LogP contribution in [0.25, 0.3) is 0 Å². The number of aliphatic hydroxyl groups excluding tert-OH is 1. The Bertz CT molecular complexity index is 321. The maximum absolute atomic E-state index is 12.3. The van der Waals surface area contributed by atoms with E-state index in [2.05, 4.69) is 0 Å². The van der Waals surface area contributed by atoms with E-state index < -0.39 is 22.8 Å². The zero-order valence-electron chi connectivity index (χ0n) is 12.2. The van der Waals surface area contributed by atoms with Crippen molar-refractivity contribution in [2.24, 2.45) is 0 Å². The summed E-state index contributed by atoms with van der Waals surface area (Å²) in [6.45, 7) is 11.7. The van der Waals surface area contributed by atoms with E-state index >= 15 is 0 Å². The van der Waals surface area contributed by atoms with Crippen molar-refractivity contribution in [3.63, 3.8) is 0 Å². The molecule has 1 aliphatic heterocycles. The lowest BCUT2D eigenvalue weighted by Gasteiger charge is -2.52. The average Bonchev–Trinajstić information content (AvgIpc) is 2.12. The third-order valence-corrected chi connectivity index (χ3v) is 2.93. The Labute approximate surface area is 109 Å². The fourth-order valence-corrected chi connectivity index (χ4v) is 2.27. The van der Waals surface area contributed by atoms with Crippen molar-refractivity contribution < 1.29 is 19.4 Å². The number of morpholine rings is 1. The molecule has 1 fully saturated rings. The molecule has 1 atom stereocenters. The maximum Gasteiger partial charge on any atom is 0.411 e. The monoisotopic (exact) mass is 259 g/mol. The second-order valence-electron chi connectivity index (χ2n) is 6.78. The summed E-state index contributed by atoms with van der Waals surface area (Å²) in [6, 6.07) is 0. The van der Waals surface area contributed by atoms with E-state index in [9.17, 15) is 9.90 Å². The molecule has 1 aliphatic rings. The first-order valence-electron chi connectivity index (χ1n) is 6.24.